The molecule has 3 heteroatoms. The van der Waals surface area contributed by atoms with E-state index in [1.54, 1.807) is 0 Å². The van der Waals surface area contributed by atoms with Crippen molar-refractivity contribution in [2.24, 2.45) is 5.92 Å². The molecule has 1 unspecified atom stereocenters. The first-order chi connectivity index (χ1) is 7.65. The van der Waals surface area contributed by atoms with Crippen LogP contribution in [0.5, 0.6) is 0 Å². The molecule has 2 atom stereocenters. The highest BCUT2D eigenvalue weighted by atomic mass is 16.5. The second kappa shape index (κ2) is 6.89. The highest BCUT2D eigenvalue weighted by molar-refractivity contribution is 5.75. The van der Waals surface area contributed by atoms with Gasteiger partial charge in [0.15, 0.2) is 0 Å². The van der Waals surface area contributed by atoms with Gasteiger partial charge in [0.05, 0.1) is 6.61 Å². The molecule has 3 nitrogen and oxygen atoms in total. The predicted octanol–water partition coefficient (Wildman–Crippen LogP) is 2.50. The first-order valence-corrected chi connectivity index (χ1v) is 6.57. The van der Waals surface area contributed by atoms with Gasteiger partial charge in [-0.2, -0.15) is 0 Å². The summed E-state index contributed by atoms with van der Waals surface area (Å²) in [7, 11) is 0. The molecule has 0 heterocycles. The third kappa shape index (κ3) is 4.12. The fraction of sp³-hybridized carbons (Fsp3) is 0.923. The lowest BCUT2D eigenvalue weighted by Gasteiger charge is -2.30. The molecule has 1 rings (SSSR count). The van der Waals surface area contributed by atoms with Crippen LogP contribution in [0.15, 0.2) is 0 Å². The molecule has 1 aliphatic rings. The predicted molar refractivity (Wildman–Crippen MR) is 65.3 cm³/mol. The normalized spacial score (nSPS) is 21.4. The van der Waals surface area contributed by atoms with E-state index in [4.69, 9.17) is 4.74 Å². The van der Waals surface area contributed by atoms with Crippen molar-refractivity contribution in [2.45, 2.75) is 65.0 Å². The van der Waals surface area contributed by atoms with E-state index in [2.05, 4.69) is 12.2 Å². The molecule has 0 radical (unpaired) electrons. The summed E-state index contributed by atoms with van der Waals surface area (Å²) in [6.07, 6.45) is 6.64. The fourth-order valence-corrected chi connectivity index (χ4v) is 2.50. The number of carbonyl (C=O) groups excluding carboxylic acids is 1. The van der Waals surface area contributed by atoms with Gasteiger partial charge in [-0.05, 0) is 39.5 Å². The van der Waals surface area contributed by atoms with Crippen molar-refractivity contribution in [1.82, 2.24) is 5.32 Å². The Morgan fingerprint density at radius 1 is 1.31 bits per heavy atom. The summed E-state index contributed by atoms with van der Waals surface area (Å²) in [4.78, 5) is 11.5. The molecule has 0 amide bonds. The van der Waals surface area contributed by atoms with Crippen molar-refractivity contribution < 1.29 is 9.53 Å². The second-order valence-electron chi connectivity index (χ2n) is 4.83. The molecular formula is C13H25NO2. The maximum atomic E-state index is 11.5. The molecule has 0 aliphatic heterocycles. The monoisotopic (exact) mass is 227 g/mol. The molecule has 1 aliphatic carbocycles. The lowest BCUT2D eigenvalue weighted by molar-refractivity contribution is -0.145. The number of esters is 1. The average Bonchev–Trinajstić information content (AvgIpc) is 2.30. The highest BCUT2D eigenvalue weighted by Gasteiger charge is 2.23. The molecule has 0 aromatic carbocycles. The van der Waals surface area contributed by atoms with Gasteiger partial charge in [-0.25, -0.2) is 0 Å². The molecule has 1 saturated carbocycles. The number of hydrogen-bond acceptors (Lipinski definition) is 3. The van der Waals surface area contributed by atoms with Crippen molar-refractivity contribution in [3.8, 4) is 0 Å². The summed E-state index contributed by atoms with van der Waals surface area (Å²) >= 11 is 0. The SMILES string of the molecule is CCOC(=O)C(C)N[C@H](C)C1CCCCC1. The minimum atomic E-state index is -0.183. The molecule has 0 spiro atoms. The van der Waals surface area contributed by atoms with Crippen LogP contribution in [0.4, 0.5) is 0 Å². The number of carbonyl (C=O) groups is 1. The Hall–Kier alpha value is -0.570. The summed E-state index contributed by atoms with van der Waals surface area (Å²) in [6.45, 7) is 6.38. The first kappa shape index (κ1) is 13.5. The van der Waals surface area contributed by atoms with Crippen molar-refractivity contribution in [1.29, 1.82) is 0 Å². The van der Waals surface area contributed by atoms with Crippen molar-refractivity contribution in [3.63, 3.8) is 0 Å². The van der Waals surface area contributed by atoms with Gasteiger partial charge in [0.25, 0.3) is 0 Å². The number of hydrogen-bond donors (Lipinski definition) is 1. The lowest BCUT2D eigenvalue weighted by Crippen LogP contribution is -2.44. The van der Waals surface area contributed by atoms with Crippen LogP contribution < -0.4 is 5.32 Å². The van der Waals surface area contributed by atoms with Gasteiger partial charge >= 0.3 is 5.97 Å². The number of ether oxygens (including phenoxy) is 1. The Balaban J connectivity index is 2.31. The zero-order chi connectivity index (χ0) is 12.0. The van der Waals surface area contributed by atoms with Crippen LogP contribution in [0.2, 0.25) is 0 Å². The van der Waals surface area contributed by atoms with E-state index >= 15 is 0 Å². The van der Waals surface area contributed by atoms with Crippen LogP contribution in [0.25, 0.3) is 0 Å². The van der Waals surface area contributed by atoms with E-state index in [-0.39, 0.29) is 12.0 Å². The maximum absolute atomic E-state index is 11.5. The first-order valence-electron chi connectivity index (χ1n) is 6.57. The van der Waals surface area contributed by atoms with Crippen LogP contribution >= 0.6 is 0 Å². The van der Waals surface area contributed by atoms with Crippen molar-refractivity contribution >= 4 is 5.97 Å². The Labute approximate surface area is 98.9 Å². The molecule has 1 fully saturated rings. The van der Waals surface area contributed by atoms with Crippen LogP contribution in [0, 0.1) is 5.92 Å². The minimum absolute atomic E-state index is 0.134. The minimum Gasteiger partial charge on any atom is -0.465 e. The molecule has 1 N–H and O–H groups in total. The number of rotatable bonds is 5. The van der Waals surface area contributed by atoms with Crippen LogP contribution in [-0.2, 0) is 9.53 Å². The van der Waals surface area contributed by atoms with Gasteiger partial charge in [0.1, 0.15) is 6.04 Å². The molecule has 94 valence electrons. The van der Waals surface area contributed by atoms with Crippen LogP contribution in [-0.4, -0.2) is 24.7 Å². The van der Waals surface area contributed by atoms with Gasteiger partial charge in [-0.15, -0.1) is 0 Å². The largest absolute Gasteiger partial charge is 0.465 e. The molecule has 0 aromatic heterocycles. The Morgan fingerprint density at radius 2 is 1.94 bits per heavy atom. The van der Waals surface area contributed by atoms with Crippen LogP contribution in [0.1, 0.15) is 52.9 Å². The summed E-state index contributed by atoms with van der Waals surface area (Å²) in [5, 5.41) is 3.36. The molecule has 0 saturated heterocycles. The maximum Gasteiger partial charge on any atom is 0.322 e. The zero-order valence-electron chi connectivity index (χ0n) is 10.8. The third-order valence-corrected chi connectivity index (χ3v) is 3.51. The summed E-state index contributed by atoms with van der Waals surface area (Å²) in [6, 6.07) is 0.233. The van der Waals surface area contributed by atoms with E-state index in [1.807, 2.05) is 13.8 Å². The van der Waals surface area contributed by atoms with E-state index in [0.29, 0.717) is 12.6 Å². The molecular weight excluding hydrogens is 202 g/mol. The summed E-state index contributed by atoms with van der Waals surface area (Å²) < 4.78 is 4.99. The van der Waals surface area contributed by atoms with Crippen LogP contribution in [0.3, 0.4) is 0 Å². The standard InChI is InChI=1S/C13H25NO2/c1-4-16-13(15)11(3)14-10(2)12-8-6-5-7-9-12/h10-12,14H,4-9H2,1-3H3/t10-,11?/m1/s1. The third-order valence-electron chi connectivity index (χ3n) is 3.51. The second-order valence-corrected chi connectivity index (χ2v) is 4.83. The number of nitrogens with one attached hydrogen (secondary N) is 1. The quantitative estimate of drug-likeness (QED) is 0.733. The smallest absolute Gasteiger partial charge is 0.322 e. The van der Waals surface area contributed by atoms with Gasteiger partial charge in [0, 0.05) is 6.04 Å². The molecule has 0 bridgehead atoms. The topological polar surface area (TPSA) is 38.3 Å². The Kier molecular flexibility index (Phi) is 5.81. The average molecular weight is 227 g/mol. The van der Waals surface area contributed by atoms with E-state index in [9.17, 15) is 4.79 Å². The highest BCUT2D eigenvalue weighted by Crippen LogP contribution is 2.26. The Morgan fingerprint density at radius 3 is 2.50 bits per heavy atom. The van der Waals surface area contributed by atoms with Gasteiger partial charge in [-0.1, -0.05) is 19.3 Å². The van der Waals surface area contributed by atoms with Gasteiger partial charge in [-0.3, -0.25) is 4.79 Å². The lowest BCUT2D eigenvalue weighted by atomic mass is 9.84. The van der Waals surface area contributed by atoms with Gasteiger partial charge in [0.2, 0.25) is 0 Å². The van der Waals surface area contributed by atoms with E-state index in [0.717, 1.165) is 5.92 Å². The molecule has 16 heavy (non-hydrogen) atoms. The zero-order valence-corrected chi connectivity index (χ0v) is 10.8. The van der Waals surface area contributed by atoms with E-state index in [1.165, 1.54) is 32.1 Å². The summed E-state index contributed by atoms with van der Waals surface area (Å²) in [5.41, 5.74) is 0. The Bertz CT molecular complexity index is 212. The van der Waals surface area contributed by atoms with Crippen molar-refractivity contribution in [2.75, 3.05) is 6.61 Å². The molecule has 0 aromatic rings. The van der Waals surface area contributed by atoms with E-state index < -0.39 is 0 Å². The van der Waals surface area contributed by atoms with Crippen molar-refractivity contribution in [3.05, 3.63) is 0 Å². The fourth-order valence-electron chi connectivity index (χ4n) is 2.50. The van der Waals surface area contributed by atoms with Gasteiger partial charge < -0.3 is 10.1 Å². The summed E-state index contributed by atoms with van der Waals surface area (Å²) in [5.74, 6) is 0.593.